The van der Waals surface area contributed by atoms with Crippen LogP contribution < -0.4 is 10.7 Å². The molecule has 0 heterocycles. The summed E-state index contributed by atoms with van der Waals surface area (Å²) in [5, 5.41) is 7.34. The lowest BCUT2D eigenvalue weighted by molar-refractivity contribution is 0.0601. The third kappa shape index (κ3) is 4.50. The van der Waals surface area contributed by atoms with Crippen molar-refractivity contribution in [2.45, 2.75) is 6.92 Å². The van der Waals surface area contributed by atoms with Gasteiger partial charge in [0.25, 0.3) is 0 Å². The third-order valence-corrected chi connectivity index (χ3v) is 2.28. The Bertz CT molecular complexity index is 443. The zero-order chi connectivity index (χ0) is 13.4. The van der Waals surface area contributed by atoms with Crippen LogP contribution in [0, 0.1) is 0 Å². The van der Waals surface area contributed by atoms with E-state index in [1.807, 2.05) is 6.92 Å². The van der Waals surface area contributed by atoms with Gasteiger partial charge in [-0.25, -0.2) is 4.79 Å². The van der Waals surface area contributed by atoms with E-state index in [9.17, 15) is 4.79 Å². The Morgan fingerprint density at radius 1 is 1.44 bits per heavy atom. The summed E-state index contributed by atoms with van der Waals surface area (Å²) < 4.78 is 4.61. The Morgan fingerprint density at radius 3 is 2.67 bits per heavy atom. The fourth-order valence-electron chi connectivity index (χ4n) is 1.19. The highest BCUT2D eigenvalue weighted by Gasteiger charge is 2.03. The van der Waals surface area contributed by atoms with Crippen molar-refractivity contribution in [1.29, 1.82) is 0 Å². The molecule has 5 nitrogen and oxygen atoms in total. The minimum Gasteiger partial charge on any atom is -0.465 e. The van der Waals surface area contributed by atoms with Gasteiger partial charge in [0.15, 0.2) is 5.11 Å². The summed E-state index contributed by atoms with van der Waals surface area (Å²) in [5.74, 6) is -0.357. The first-order valence-corrected chi connectivity index (χ1v) is 5.83. The highest BCUT2D eigenvalue weighted by molar-refractivity contribution is 7.80. The number of rotatable bonds is 4. The maximum Gasteiger partial charge on any atom is 0.337 e. The molecule has 0 bridgehead atoms. The van der Waals surface area contributed by atoms with Crippen LogP contribution >= 0.6 is 12.2 Å². The fraction of sp³-hybridized carbons (Fsp3) is 0.250. The van der Waals surface area contributed by atoms with E-state index >= 15 is 0 Å². The number of hydrogen-bond donors (Lipinski definition) is 2. The summed E-state index contributed by atoms with van der Waals surface area (Å²) >= 11 is 4.94. The van der Waals surface area contributed by atoms with E-state index in [2.05, 4.69) is 20.6 Å². The largest absolute Gasteiger partial charge is 0.465 e. The molecule has 0 aromatic heterocycles. The lowest BCUT2D eigenvalue weighted by Crippen LogP contribution is -2.31. The summed E-state index contributed by atoms with van der Waals surface area (Å²) in [6.45, 7) is 2.69. The molecule has 0 aliphatic heterocycles. The standard InChI is InChI=1S/C12H15N3O2S/c1-3-13-12(18)15-14-8-9-4-6-10(7-5-9)11(16)17-2/h4-8H,3H2,1-2H3,(H2,13,15,18)/b14-8+. The number of methoxy groups -OCH3 is 1. The predicted molar refractivity (Wildman–Crippen MR) is 74.8 cm³/mol. The molecule has 96 valence electrons. The summed E-state index contributed by atoms with van der Waals surface area (Å²) in [6.07, 6.45) is 1.62. The Kier molecular flexibility index (Phi) is 5.79. The van der Waals surface area contributed by atoms with Crippen molar-refractivity contribution in [3.8, 4) is 0 Å². The second-order valence-electron chi connectivity index (χ2n) is 3.34. The van der Waals surface area contributed by atoms with E-state index in [4.69, 9.17) is 12.2 Å². The molecule has 0 saturated heterocycles. The minimum atomic E-state index is -0.357. The first-order chi connectivity index (χ1) is 8.67. The monoisotopic (exact) mass is 265 g/mol. The van der Waals surface area contributed by atoms with Crippen LogP contribution in [0.1, 0.15) is 22.8 Å². The second kappa shape index (κ2) is 7.39. The quantitative estimate of drug-likeness (QED) is 0.372. The highest BCUT2D eigenvalue weighted by Crippen LogP contribution is 2.03. The number of carbonyl (C=O) groups excluding carboxylic acids is 1. The molecule has 1 aromatic rings. The number of carbonyl (C=O) groups is 1. The van der Waals surface area contributed by atoms with E-state index in [0.29, 0.717) is 10.7 Å². The molecule has 1 rings (SSSR count). The number of thiocarbonyl (C=S) groups is 1. The Morgan fingerprint density at radius 2 is 2.11 bits per heavy atom. The van der Waals surface area contributed by atoms with Gasteiger partial charge in [0.1, 0.15) is 0 Å². The highest BCUT2D eigenvalue weighted by atomic mass is 32.1. The van der Waals surface area contributed by atoms with Gasteiger partial charge in [-0.2, -0.15) is 5.10 Å². The molecule has 2 N–H and O–H groups in total. The summed E-state index contributed by atoms with van der Waals surface area (Å²) in [5.41, 5.74) is 4.04. The molecule has 0 spiro atoms. The van der Waals surface area contributed by atoms with Gasteiger partial charge < -0.3 is 10.1 Å². The molecule has 0 amide bonds. The van der Waals surface area contributed by atoms with Crippen molar-refractivity contribution in [1.82, 2.24) is 10.7 Å². The van der Waals surface area contributed by atoms with Gasteiger partial charge in [-0.05, 0) is 36.8 Å². The van der Waals surface area contributed by atoms with Gasteiger partial charge >= 0.3 is 5.97 Å². The van der Waals surface area contributed by atoms with Crippen molar-refractivity contribution in [3.63, 3.8) is 0 Å². The number of nitrogens with one attached hydrogen (secondary N) is 2. The summed E-state index contributed by atoms with van der Waals surface area (Å²) in [7, 11) is 1.35. The van der Waals surface area contributed by atoms with Crippen LogP contribution in [0.4, 0.5) is 0 Å². The Labute approximate surface area is 111 Å². The first-order valence-electron chi connectivity index (χ1n) is 5.42. The molecule has 0 saturated carbocycles. The van der Waals surface area contributed by atoms with Gasteiger partial charge in [0, 0.05) is 6.54 Å². The topological polar surface area (TPSA) is 62.7 Å². The first kappa shape index (κ1) is 14.1. The van der Waals surface area contributed by atoms with Crippen LogP contribution in [-0.4, -0.2) is 31.0 Å². The number of nitrogens with zero attached hydrogens (tertiary/aromatic N) is 1. The molecular formula is C12H15N3O2S. The van der Waals surface area contributed by atoms with Gasteiger partial charge in [0.05, 0.1) is 18.9 Å². The molecule has 0 unspecified atom stereocenters. The van der Waals surface area contributed by atoms with Crippen molar-refractivity contribution in [2.75, 3.05) is 13.7 Å². The molecule has 6 heteroatoms. The van der Waals surface area contributed by atoms with Crippen LogP contribution in [0.5, 0.6) is 0 Å². The number of hydrogen-bond acceptors (Lipinski definition) is 4. The van der Waals surface area contributed by atoms with E-state index in [1.165, 1.54) is 7.11 Å². The summed E-state index contributed by atoms with van der Waals surface area (Å²) in [6, 6.07) is 6.90. The van der Waals surface area contributed by atoms with Crippen molar-refractivity contribution >= 4 is 29.5 Å². The predicted octanol–water partition coefficient (Wildman–Crippen LogP) is 1.29. The van der Waals surface area contributed by atoms with Crippen LogP contribution in [0.2, 0.25) is 0 Å². The third-order valence-electron chi connectivity index (χ3n) is 2.05. The maximum absolute atomic E-state index is 11.2. The zero-order valence-electron chi connectivity index (χ0n) is 10.3. The van der Waals surface area contributed by atoms with Gasteiger partial charge in [-0.1, -0.05) is 12.1 Å². The van der Waals surface area contributed by atoms with Crippen LogP contribution in [0.3, 0.4) is 0 Å². The van der Waals surface area contributed by atoms with Crippen molar-refractivity contribution in [3.05, 3.63) is 35.4 Å². The number of hydrazone groups is 1. The van der Waals surface area contributed by atoms with E-state index < -0.39 is 0 Å². The lowest BCUT2D eigenvalue weighted by Gasteiger charge is -2.02. The molecule has 18 heavy (non-hydrogen) atoms. The number of benzene rings is 1. The normalized spacial score (nSPS) is 10.1. The summed E-state index contributed by atoms with van der Waals surface area (Å²) in [4.78, 5) is 11.2. The molecule has 1 aromatic carbocycles. The van der Waals surface area contributed by atoms with Crippen LogP contribution in [0.25, 0.3) is 0 Å². The maximum atomic E-state index is 11.2. The van der Waals surface area contributed by atoms with Crippen LogP contribution in [-0.2, 0) is 4.74 Å². The second-order valence-corrected chi connectivity index (χ2v) is 3.75. The van der Waals surface area contributed by atoms with Crippen molar-refractivity contribution < 1.29 is 9.53 Å². The average Bonchev–Trinajstić information content (AvgIpc) is 2.39. The Balaban J connectivity index is 2.56. The molecule has 0 aliphatic carbocycles. The van der Waals surface area contributed by atoms with Crippen molar-refractivity contribution in [2.24, 2.45) is 5.10 Å². The smallest absolute Gasteiger partial charge is 0.337 e. The molecule has 0 radical (unpaired) electrons. The van der Waals surface area contributed by atoms with Gasteiger partial charge in [-0.15, -0.1) is 0 Å². The van der Waals surface area contributed by atoms with Gasteiger partial charge in [-0.3, -0.25) is 5.43 Å². The van der Waals surface area contributed by atoms with Gasteiger partial charge in [0.2, 0.25) is 0 Å². The number of esters is 1. The van der Waals surface area contributed by atoms with E-state index in [1.54, 1.807) is 30.5 Å². The SMILES string of the molecule is CCNC(=S)N/N=C/c1ccc(C(=O)OC)cc1. The fourth-order valence-corrected chi connectivity index (χ4v) is 1.39. The van der Waals surface area contributed by atoms with E-state index in [0.717, 1.165) is 12.1 Å². The Hall–Kier alpha value is -1.95. The molecule has 0 aliphatic rings. The molecule has 0 atom stereocenters. The average molecular weight is 265 g/mol. The number of ether oxygens (including phenoxy) is 1. The molecular weight excluding hydrogens is 250 g/mol. The lowest BCUT2D eigenvalue weighted by atomic mass is 10.1. The van der Waals surface area contributed by atoms with E-state index in [-0.39, 0.29) is 5.97 Å². The molecule has 0 fully saturated rings. The minimum absolute atomic E-state index is 0.357. The zero-order valence-corrected chi connectivity index (χ0v) is 11.1. The van der Waals surface area contributed by atoms with Crippen LogP contribution in [0.15, 0.2) is 29.4 Å².